The van der Waals surface area contributed by atoms with Crippen LogP contribution in [-0.2, 0) is 41.0 Å². The van der Waals surface area contributed by atoms with Crippen LogP contribution in [0.25, 0.3) is 33.4 Å². The molecule has 10 heteroatoms. The maximum Gasteiger partial charge on any atom is 0.121 e. The summed E-state index contributed by atoms with van der Waals surface area (Å²) in [6.07, 6.45) is 27.6. The van der Waals surface area contributed by atoms with Gasteiger partial charge in [0.05, 0.1) is 5.76 Å². The summed E-state index contributed by atoms with van der Waals surface area (Å²) in [5.41, 5.74) is 64.0. The number of nitrogens with one attached hydrogen (secondary N) is 1. The molecule has 5 atom stereocenters. The minimum Gasteiger partial charge on any atom is -0.512 e. The number of benzene rings is 11. The number of anilines is 4. The first-order valence-corrected chi connectivity index (χ1v) is 42.1. The molecular formula is C113H126N8O2. The Bertz CT molecular complexity index is 5690. The van der Waals surface area contributed by atoms with Crippen molar-refractivity contribution in [2.45, 2.75) is 116 Å². The lowest BCUT2D eigenvalue weighted by molar-refractivity contribution is 0.361. The van der Waals surface area contributed by atoms with Gasteiger partial charge in [-0.05, 0) is 240 Å². The van der Waals surface area contributed by atoms with Crippen LogP contribution in [0.4, 0.5) is 22.7 Å². The van der Waals surface area contributed by atoms with E-state index in [1.54, 1.807) is 12.2 Å². The normalized spacial score (nSPS) is 15.0. The van der Waals surface area contributed by atoms with Crippen molar-refractivity contribution in [2.24, 2.45) is 17.2 Å². The van der Waals surface area contributed by atoms with E-state index in [-0.39, 0.29) is 28.4 Å². The first-order chi connectivity index (χ1) is 59.0. The Kier molecular flexibility index (Phi) is 33.0. The van der Waals surface area contributed by atoms with Crippen LogP contribution in [0.1, 0.15) is 129 Å². The first-order valence-electron chi connectivity index (χ1n) is 42.1. The van der Waals surface area contributed by atoms with Gasteiger partial charge in [-0.3, -0.25) is 0 Å². The molecule has 11 aromatic carbocycles. The van der Waals surface area contributed by atoms with E-state index in [1.807, 2.05) is 149 Å². The van der Waals surface area contributed by atoms with E-state index in [2.05, 4.69) is 298 Å². The Balaban J connectivity index is 0.000000186. The van der Waals surface area contributed by atoms with Crippen LogP contribution >= 0.6 is 0 Å². The molecule has 1 aliphatic carbocycles. The number of rotatable bonds is 28. The van der Waals surface area contributed by atoms with Crippen molar-refractivity contribution in [3.63, 3.8) is 0 Å². The number of aliphatic hydroxyl groups excluding tert-OH is 2. The third-order valence-corrected chi connectivity index (χ3v) is 23.8. The third kappa shape index (κ3) is 22.7. The summed E-state index contributed by atoms with van der Waals surface area (Å²) in [7, 11) is 6.15. The summed E-state index contributed by atoms with van der Waals surface area (Å²) in [5, 5.41) is 24.7. The molecule has 0 spiro atoms. The Labute approximate surface area is 733 Å². The van der Waals surface area contributed by atoms with Crippen LogP contribution in [0.5, 0.6) is 0 Å². The fourth-order valence-electron chi connectivity index (χ4n) is 15.7. The smallest absolute Gasteiger partial charge is 0.121 e. The zero-order valence-electron chi connectivity index (χ0n) is 74.0. The lowest BCUT2D eigenvalue weighted by atomic mass is 9.67. The monoisotopic (exact) mass is 1630 g/mol. The van der Waals surface area contributed by atoms with Crippen LogP contribution in [0.15, 0.2) is 424 Å². The highest BCUT2D eigenvalue weighted by Gasteiger charge is 2.39. The predicted molar refractivity (Wildman–Crippen MR) is 530 cm³/mol. The van der Waals surface area contributed by atoms with Crippen LogP contribution in [0.2, 0.25) is 0 Å². The molecule has 0 aromatic heterocycles. The molecule has 0 fully saturated rings. The minimum absolute atomic E-state index is 0.00860. The van der Waals surface area contributed by atoms with Gasteiger partial charge in [-0.15, -0.1) is 0 Å². The number of hydrogen-bond acceptors (Lipinski definition) is 10. The lowest BCUT2D eigenvalue weighted by Crippen LogP contribution is -2.32. The van der Waals surface area contributed by atoms with Crippen molar-refractivity contribution in [3.8, 4) is 33.4 Å². The molecule has 1 aliphatic rings. The highest BCUT2D eigenvalue weighted by molar-refractivity contribution is 5.70. The zero-order valence-corrected chi connectivity index (χ0v) is 74.0. The maximum absolute atomic E-state index is 10.8. The standard InChI is InChI=1S/C31H34N2.C30H32N2.C26H28N2O2.C26H32N2/c1-5-22-19-27(16-17-29(22)32)31(4,28-18-21(3)30(33)23(6-2)20-28)26-14-12-25(13-15-26)24-10-8-7-9-11-24;1-30(26-14-10-23(11-15-26)22-31-2,28-18-20-29(21-19-28)32(3)4)27-16-12-25(13-17-27)24-8-6-5-7-9-24;1-3-22(24(29)15-16-27)26(2,23-14-13-21(28)17-25(23)30)20-11-9-19(10-12-20)18-7-5-4-6-8-18;1-7-9-11-20(3)21(4)13-14-22(5)26(6,19-10-12-24(27)8-2)23-15-17-25(28)18-16-23/h7-20H,5-6,32-33H2,1-4H3;5-21,31H,22H2,1-4H3;3-16,21,29-30H,1,17,27-28H2,2H3;7-19H,2,4-5,27-28H2,1,3,6H3/b;;16-15+,24-22-;9-7-,14-13-,19-10+,20-11+,24-12+. The van der Waals surface area contributed by atoms with Crippen LogP contribution in [0, 0.1) is 6.92 Å². The van der Waals surface area contributed by atoms with Crippen molar-refractivity contribution >= 4 is 22.7 Å². The van der Waals surface area contributed by atoms with E-state index in [0.29, 0.717) is 23.3 Å². The molecule has 10 nitrogen and oxygen atoms in total. The minimum atomic E-state index is -0.860. The molecular weight excluding hydrogens is 1500 g/mol. The second-order valence-corrected chi connectivity index (χ2v) is 32.1. The van der Waals surface area contributed by atoms with E-state index >= 15 is 0 Å². The summed E-state index contributed by atoms with van der Waals surface area (Å²) in [6, 6.07) is 93.9. The molecule has 123 heavy (non-hydrogen) atoms. The summed E-state index contributed by atoms with van der Waals surface area (Å²) in [4.78, 5) is 2.14. The van der Waals surface area contributed by atoms with Crippen molar-refractivity contribution in [1.82, 2.24) is 5.32 Å². The quantitative estimate of drug-likeness (QED) is 0.00980. The van der Waals surface area contributed by atoms with Crippen LogP contribution in [-0.4, -0.2) is 37.4 Å². The van der Waals surface area contributed by atoms with Gasteiger partial charge >= 0.3 is 0 Å². The number of aliphatic hydroxyl groups is 2. The predicted octanol–water partition coefficient (Wildman–Crippen LogP) is 25.3. The Hall–Kier alpha value is -13.6. The van der Waals surface area contributed by atoms with Gasteiger partial charge < -0.3 is 54.8 Å². The fourth-order valence-corrected chi connectivity index (χ4v) is 15.7. The molecule has 0 saturated heterocycles. The molecule has 12 rings (SSSR count). The van der Waals surface area contributed by atoms with Crippen molar-refractivity contribution in [1.29, 1.82) is 0 Å². The number of nitrogens with zero attached hydrogens (tertiary/aromatic N) is 1. The molecule has 0 saturated carbocycles. The fraction of sp³-hybridized carbons (Fsp3) is 0.186. The largest absolute Gasteiger partial charge is 0.512 e. The van der Waals surface area contributed by atoms with Gasteiger partial charge in [-0.2, -0.15) is 0 Å². The van der Waals surface area contributed by atoms with Crippen molar-refractivity contribution < 1.29 is 10.2 Å². The van der Waals surface area contributed by atoms with E-state index in [0.717, 1.165) is 81.0 Å². The topological polar surface area (TPSA) is 212 Å². The molecule has 11 aromatic rings. The average molecular weight is 1630 g/mol. The second kappa shape index (κ2) is 43.5. The molecule has 0 radical (unpaired) electrons. The molecule has 0 heterocycles. The summed E-state index contributed by atoms with van der Waals surface area (Å²) in [6.45, 7) is 36.1. The Morgan fingerprint density at radius 1 is 0.545 bits per heavy atom. The van der Waals surface area contributed by atoms with Crippen molar-refractivity contribution in [2.75, 3.05) is 43.2 Å². The summed E-state index contributed by atoms with van der Waals surface area (Å²) < 4.78 is 0. The molecule has 5 unspecified atom stereocenters. The number of aryl methyl sites for hydroxylation is 3. The molecule has 0 aliphatic heterocycles. The Morgan fingerprint density at radius 2 is 1.00 bits per heavy atom. The van der Waals surface area contributed by atoms with E-state index in [4.69, 9.17) is 34.4 Å². The highest BCUT2D eigenvalue weighted by Crippen LogP contribution is 2.47. The van der Waals surface area contributed by atoms with Gasteiger partial charge in [-0.1, -0.05) is 338 Å². The number of allylic oxidation sites excluding steroid dienone is 17. The number of nitrogen functional groups attached to an aromatic ring is 3. The van der Waals surface area contributed by atoms with Crippen LogP contribution in [0.3, 0.4) is 0 Å². The summed E-state index contributed by atoms with van der Waals surface area (Å²) in [5.74, 6) is 0.189. The van der Waals surface area contributed by atoms with Gasteiger partial charge in [0.2, 0.25) is 0 Å². The van der Waals surface area contributed by atoms with E-state index < -0.39 is 10.8 Å². The van der Waals surface area contributed by atoms with E-state index in [1.165, 1.54) is 90.3 Å². The van der Waals surface area contributed by atoms with E-state index in [9.17, 15) is 10.2 Å². The molecule has 0 amide bonds. The molecule has 630 valence electrons. The average Bonchev–Trinajstić information content (AvgIpc) is 0.758. The molecule has 0 bridgehead atoms. The zero-order chi connectivity index (χ0) is 89.0. The second-order valence-electron chi connectivity index (χ2n) is 32.1. The van der Waals surface area contributed by atoms with Gasteiger partial charge in [-0.25, -0.2) is 0 Å². The first kappa shape index (κ1) is 93.2. The third-order valence-electron chi connectivity index (χ3n) is 23.8. The number of nitrogens with two attached hydrogens (primary N) is 6. The molecule has 15 N–H and O–H groups in total. The SMILES string of the molecule is C=C/C(=C(O)\C=C\N)C(C)(C1=C(O)CC(N)C=C1)c1ccc(-c2ccccc2)cc1.C=C/C(N)=C\C=C\C(C)(C(=C)/C=C\C(=C)/C(C)=C/C=C\C)c1ccc(N)cc1.CCc1cc(C(C)(c2ccc(-c3ccccc3)cc2)c2cc(C)c(N)c(CC)c2)ccc1N.CNCc1ccc(C(C)(c2ccc(-c3ccccc3)cc2)c2ccc(N(C)C)cc2)cc1. The van der Waals surface area contributed by atoms with Crippen LogP contribution < -0.4 is 44.6 Å². The Morgan fingerprint density at radius 3 is 1.46 bits per heavy atom. The lowest BCUT2D eigenvalue weighted by Gasteiger charge is -2.36. The summed E-state index contributed by atoms with van der Waals surface area (Å²) >= 11 is 0. The number of hydrogen-bond donors (Lipinski definition) is 9. The van der Waals surface area contributed by atoms with Gasteiger partial charge in [0.1, 0.15) is 5.76 Å². The van der Waals surface area contributed by atoms with Gasteiger partial charge in [0, 0.05) is 94.4 Å². The van der Waals surface area contributed by atoms with Crippen molar-refractivity contribution in [3.05, 3.63) is 490 Å². The van der Waals surface area contributed by atoms with Gasteiger partial charge in [0.25, 0.3) is 0 Å². The maximum atomic E-state index is 10.8. The highest BCUT2D eigenvalue weighted by atomic mass is 16.3. The van der Waals surface area contributed by atoms with Gasteiger partial charge in [0.15, 0.2) is 0 Å².